The maximum atomic E-state index is 11.3. The third kappa shape index (κ3) is 3.74. The number of aromatic amines is 1. The number of pyridine rings is 1. The van der Waals surface area contributed by atoms with Crippen LogP contribution in [0, 0.1) is 0 Å². The van der Waals surface area contributed by atoms with Crippen LogP contribution in [0.2, 0.25) is 5.02 Å². The molecule has 3 heterocycles. The maximum Gasteiger partial charge on any atom is 0.222 e. The zero-order valence-electron chi connectivity index (χ0n) is 14.2. The van der Waals surface area contributed by atoms with Gasteiger partial charge in [-0.3, -0.25) is 4.79 Å². The minimum Gasteiger partial charge on any atom is -0.344 e. The van der Waals surface area contributed by atoms with Gasteiger partial charge < -0.3 is 10.3 Å². The summed E-state index contributed by atoms with van der Waals surface area (Å²) < 4.78 is 0. The Kier molecular flexibility index (Phi) is 4.70. The van der Waals surface area contributed by atoms with Gasteiger partial charge in [-0.2, -0.15) is 0 Å². The molecular formula is C19H14ClN5OS. The van der Waals surface area contributed by atoms with Crippen LogP contribution >= 0.6 is 22.9 Å². The van der Waals surface area contributed by atoms with Crippen LogP contribution < -0.4 is 5.32 Å². The number of thiazole rings is 1. The molecule has 0 atom stereocenters. The Morgan fingerprint density at radius 3 is 2.78 bits per heavy atom. The highest BCUT2D eigenvalue weighted by Gasteiger charge is 2.18. The fraction of sp³-hybridized carbons (Fsp3) is 0.0526. The maximum absolute atomic E-state index is 11.3. The number of anilines is 1. The van der Waals surface area contributed by atoms with Gasteiger partial charge in [-0.05, 0) is 24.3 Å². The van der Waals surface area contributed by atoms with Gasteiger partial charge in [0.05, 0.1) is 10.6 Å². The van der Waals surface area contributed by atoms with Crippen molar-refractivity contribution < 1.29 is 4.79 Å². The van der Waals surface area contributed by atoms with E-state index in [1.807, 2.05) is 30.3 Å². The van der Waals surface area contributed by atoms with E-state index in [0.717, 1.165) is 32.5 Å². The lowest BCUT2D eigenvalue weighted by atomic mass is 10.1. The Bertz CT molecular complexity index is 1110. The first-order valence-corrected chi connectivity index (χ1v) is 9.30. The molecule has 3 aromatic heterocycles. The van der Waals surface area contributed by atoms with E-state index in [1.165, 1.54) is 18.3 Å². The number of hydrogen-bond acceptors (Lipinski definition) is 5. The van der Waals surface area contributed by atoms with Gasteiger partial charge in [0.2, 0.25) is 5.91 Å². The third-order valence-corrected chi connectivity index (χ3v) is 5.10. The van der Waals surface area contributed by atoms with Crippen LogP contribution in [0.1, 0.15) is 6.92 Å². The first-order valence-electron chi connectivity index (χ1n) is 8.10. The van der Waals surface area contributed by atoms with Gasteiger partial charge >= 0.3 is 0 Å². The molecule has 4 aromatic rings. The van der Waals surface area contributed by atoms with Gasteiger partial charge in [-0.1, -0.05) is 23.7 Å². The van der Waals surface area contributed by atoms with E-state index < -0.39 is 0 Å². The zero-order valence-corrected chi connectivity index (χ0v) is 15.8. The summed E-state index contributed by atoms with van der Waals surface area (Å²) in [5.41, 5.74) is 2.57. The highest BCUT2D eigenvalue weighted by molar-refractivity contribution is 7.18. The number of nitrogens with zero attached hydrogens (tertiary/aromatic N) is 3. The van der Waals surface area contributed by atoms with Gasteiger partial charge in [-0.25, -0.2) is 15.0 Å². The number of benzene rings is 1. The number of halogens is 1. The van der Waals surface area contributed by atoms with Crippen LogP contribution in [-0.2, 0) is 4.79 Å². The number of imidazole rings is 1. The Hall–Kier alpha value is -3.03. The fourth-order valence-corrected chi connectivity index (χ4v) is 3.87. The molecule has 1 amide bonds. The number of hydrogen-bond donors (Lipinski definition) is 2. The number of aromatic nitrogens is 4. The van der Waals surface area contributed by atoms with Crippen molar-refractivity contribution in [3.05, 3.63) is 60.0 Å². The number of carbonyl (C=O) groups is 1. The van der Waals surface area contributed by atoms with E-state index in [9.17, 15) is 4.79 Å². The quantitative estimate of drug-likeness (QED) is 0.516. The van der Waals surface area contributed by atoms with Gasteiger partial charge in [0.1, 0.15) is 16.6 Å². The Morgan fingerprint density at radius 1 is 1.15 bits per heavy atom. The largest absolute Gasteiger partial charge is 0.344 e. The van der Waals surface area contributed by atoms with E-state index in [4.69, 9.17) is 16.6 Å². The summed E-state index contributed by atoms with van der Waals surface area (Å²) in [6, 6.07) is 11.2. The van der Waals surface area contributed by atoms with Gasteiger partial charge in [0.25, 0.3) is 0 Å². The monoisotopic (exact) mass is 395 g/mol. The molecule has 4 rings (SSSR count). The average Bonchev–Trinajstić information content (AvgIpc) is 3.31. The Morgan fingerprint density at radius 2 is 2.04 bits per heavy atom. The van der Waals surface area contributed by atoms with Crippen LogP contribution in [-0.4, -0.2) is 25.8 Å². The molecule has 0 saturated heterocycles. The van der Waals surface area contributed by atoms with Crippen molar-refractivity contribution in [3.63, 3.8) is 0 Å². The lowest BCUT2D eigenvalue weighted by Crippen LogP contribution is -2.07. The van der Waals surface area contributed by atoms with E-state index >= 15 is 0 Å². The SMILES string of the molecule is CC(=O)Nc1cc(-c2nc(-c3cccc(Cl)c3)c(-c3ncc[nH]3)s2)ccn1. The molecule has 0 aliphatic heterocycles. The van der Waals surface area contributed by atoms with Crippen molar-refractivity contribution in [3.8, 4) is 32.5 Å². The smallest absolute Gasteiger partial charge is 0.222 e. The molecule has 0 spiro atoms. The van der Waals surface area contributed by atoms with Gasteiger partial charge in [0, 0.05) is 41.7 Å². The standard InChI is InChI=1S/C19H14ClN5OS/c1-11(26)24-15-10-13(5-6-21-15)19-25-16(12-3-2-4-14(20)9-12)17(27-19)18-22-7-8-23-18/h2-10H,1H3,(H,22,23)(H,21,24,26). The molecule has 0 bridgehead atoms. The summed E-state index contributed by atoms with van der Waals surface area (Å²) >= 11 is 7.68. The summed E-state index contributed by atoms with van der Waals surface area (Å²) in [6.07, 6.45) is 5.13. The normalized spacial score (nSPS) is 10.7. The number of amides is 1. The summed E-state index contributed by atoms with van der Waals surface area (Å²) in [6.45, 7) is 1.45. The zero-order chi connectivity index (χ0) is 18.8. The van der Waals surface area contributed by atoms with E-state index in [-0.39, 0.29) is 5.91 Å². The van der Waals surface area contributed by atoms with Gasteiger partial charge in [-0.15, -0.1) is 11.3 Å². The molecule has 134 valence electrons. The van der Waals surface area contributed by atoms with Crippen LogP contribution in [0.5, 0.6) is 0 Å². The first-order chi connectivity index (χ1) is 13.1. The highest BCUT2D eigenvalue weighted by Crippen LogP contribution is 2.39. The molecule has 6 nitrogen and oxygen atoms in total. The second-order valence-corrected chi connectivity index (χ2v) is 7.19. The van der Waals surface area contributed by atoms with E-state index in [0.29, 0.717) is 10.8 Å². The second-order valence-electron chi connectivity index (χ2n) is 5.76. The van der Waals surface area contributed by atoms with Crippen molar-refractivity contribution in [2.75, 3.05) is 5.32 Å². The van der Waals surface area contributed by atoms with Crippen molar-refractivity contribution in [1.29, 1.82) is 0 Å². The fourth-order valence-electron chi connectivity index (χ4n) is 2.64. The predicted octanol–water partition coefficient (Wildman–Crippen LogP) is 4.87. The molecule has 0 unspecified atom stereocenters. The minimum atomic E-state index is -0.172. The molecular weight excluding hydrogens is 382 g/mol. The summed E-state index contributed by atoms with van der Waals surface area (Å²) in [7, 11) is 0. The number of carbonyl (C=O) groups excluding carboxylic acids is 1. The molecule has 0 saturated carbocycles. The predicted molar refractivity (Wildman–Crippen MR) is 108 cm³/mol. The topological polar surface area (TPSA) is 83.6 Å². The average molecular weight is 396 g/mol. The molecule has 8 heteroatoms. The van der Waals surface area contributed by atoms with Crippen molar-refractivity contribution in [1.82, 2.24) is 19.9 Å². The van der Waals surface area contributed by atoms with Crippen molar-refractivity contribution in [2.45, 2.75) is 6.92 Å². The minimum absolute atomic E-state index is 0.172. The Balaban J connectivity index is 1.84. The van der Waals surface area contributed by atoms with Crippen molar-refractivity contribution in [2.24, 2.45) is 0 Å². The highest BCUT2D eigenvalue weighted by atomic mass is 35.5. The third-order valence-electron chi connectivity index (χ3n) is 3.75. The molecule has 27 heavy (non-hydrogen) atoms. The molecule has 2 N–H and O–H groups in total. The molecule has 0 fully saturated rings. The first kappa shape index (κ1) is 17.4. The van der Waals surface area contributed by atoms with Crippen LogP contribution in [0.25, 0.3) is 32.5 Å². The van der Waals surface area contributed by atoms with E-state index in [1.54, 1.807) is 24.7 Å². The number of nitrogens with one attached hydrogen (secondary N) is 2. The van der Waals surface area contributed by atoms with Crippen molar-refractivity contribution >= 4 is 34.7 Å². The molecule has 1 aromatic carbocycles. The Labute approximate surface area is 164 Å². The lowest BCUT2D eigenvalue weighted by molar-refractivity contribution is -0.114. The van der Waals surface area contributed by atoms with Crippen LogP contribution in [0.4, 0.5) is 5.82 Å². The van der Waals surface area contributed by atoms with Crippen LogP contribution in [0.3, 0.4) is 0 Å². The summed E-state index contributed by atoms with van der Waals surface area (Å²) in [5, 5.41) is 4.13. The van der Waals surface area contributed by atoms with Crippen LogP contribution in [0.15, 0.2) is 55.0 Å². The molecule has 0 radical (unpaired) electrons. The number of H-pyrrole nitrogens is 1. The summed E-state index contributed by atoms with van der Waals surface area (Å²) in [5.74, 6) is 1.05. The second kappa shape index (κ2) is 7.30. The summed E-state index contributed by atoms with van der Waals surface area (Å²) in [4.78, 5) is 28.7. The molecule has 0 aliphatic carbocycles. The van der Waals surface area contributed by atoms with E-state index in [2.05, 4.69) is 20.3 Å². The van der Waals surface area contributed by atoms with Gasteiger partial charge in [0.15, 0.2) is 0 Å². The number of rotatable bonds is 4. The lowest BCUT2D eigenvalue weighted by Gasteiger charge is -2.02. The molecule has 0 aliphatic rings.